The molecule has 5 rings (SSSR count). The Labute approximate surface area is 211 Å². The second-order valence-corrected chi connectivity index (χ2v) is 8.50. The zero-order valence-electron chi connectivity index (χ0n) is 19.2. The van der Waals surface area contributed by atoms with Crippen LogP contribution in [0.25, 0.3) is 0 Å². The van der Waals surface area contributed by atoms with Crippen LogP contribution < -0.4 is 25.2 Å². The van der Waals surface area contributed by atoms with Crippen LogP contribution in [0.1, 0.15) is 23.2 Å². The van der Waals surface area contributed by atoms with Gasteiger partial charge in [0.1, 0.15) is 22.2 Å². The molecule has 3 aromatic rings. The summed E-state index contributed by atoms with van der Waals surface area (Å²) in [6.07, 6.45) is -3.90. The van der Waals surface area contributed by atoms with Crippen LogP contribution in [0.2, 0.25) is 5.02 Å². The van der Waals surface area contributed by atoms with E-state index in [2.05, 4.69) is 20.4 Å². The Morgan fingerprint density at radius 2 is 2.08 bits per heavy atom. The Bertz CT molecular complexity index is 1400. The van der Waals surface area contributed by atoms with Crippen molar-refractivity contribution >= 4 is 17.3 Å². The number of halogens is 5. The molecule has 0 saturated carbocycles. The fourth-order valence-electron chi connectivity index (χ4n) is 4.07. The van der Waals surface area contributed by atoms with E-state index in [1.807, 2.05) is 0 Å². The number of alkyl halides is 3. The lowest BCUT2D eigenvalue weighted by Gasteiger charge is -2.31. The fourth-order valence-corrected chi connectivity index (χ4v) is 4.32. The van der Waals surface area contributed by atoms with Crippen LogP contribution in [0.15, 0.2) is 29.2 Å². The Balaban J connectivity index is 1.47. The Morgan fingerprint density at radius 3 is 2.78 bits per heavy atom. The number of nitrogens with one attached hydrogen (secondary N) is 1. The van der Waals surface area contributed by atoms with E-state index in [1.165, 1.54) is 13.3 Å². The number of hydrogen-bond donors (Lipinski definition) is 1. The molecule has 0 bridgehead atoms. The minimum atomic E-state index is -4.85. The molecule has 1 saturated heterocycles. The molecule has 1 aromatic carbocycles. The van der Waals surface area contributed by atoms with Crippen LogP contribution in [0, 0.1) is 5.82 Å². The van der Waals surface area contributed by atoms with Crippen LogP contribution in [0.3, 0.4) is 0 Å². The van der Waals surface area contributed by atoms with Crippen molar-refractivity contribution in [2.75, 3.05) is 31.7 Å². The van der Waals surface area contributed by atoms with E-state index in [4.69, 9.17) is 25.8 Å². The molecular weight excluding hydrogens is 524 g/mol. The molecule has 1 N–H and O–H groups in total. The normalized spacial score (nSPS) is 17.6. The molecule has 1 fully saturated rings. The highest BCUT2D eigenvalue weighted by Gasteiger charge is 2.36. The predicted molar refractivity (Wildman–Crippen MR) is 121 cm³/mol. The first-order valence-electron chi connectivity index (χ1n) is 11.0. The van der Waals surface area contributed by atoms with Gasteiger partial charge in [-0.2, -0.15) is 32.9 Å². The highest BCUT2D eigenvalue weighted by atomic mass is 35.5. The third-order valence-electron chi connectivity index (χ3n) is 5.83. The third-order valence-corrected chi connectivity index (χ3v) is 6.18. The third kappa shape index (κ3) is 4.91. The molecule has 0 radical (unpaired) electrons. The number of methoxy groups -OCH3 is 1. The van der Waals surface area contributed by atoms with Crippen LogP contribution in [0.5, 0.6) is 17.6 Å². The molecule has 2 aromatic heterocycles. The van der Waals surface area contributed by atoms with E-state index in [0.29, 0.717) is 42.7 Å². The molecule has 1 unspecified atom stereocenters. The summed E-state index contributed by atoms with van der Waals surface area (Å²) < 4.78 is 71.2. The lowest BCUT2D eigenvalue weighted by molar-refractivity contribution is -0.138. The van der Waals surface area contributed by atoms with Crippen molar-refractivity contribution < 1.29 is 31.8 Å². The number of anilines is 1. The van der Waals surface area contributed by atoms with Crippen molar-refractivity contribution in [2.24, 2.45) is 0 Å². The molecule has 10 nitrogen and oxygen atoms in total. The van der Waals surface area contributed by atoms with Gasteiger partial charge >= 0.3 is 12.2 Å². The Kier molecular flexibility index (Phi) is 6.64. The van der Waals surface area contributed by atoms with Crippen LogP contribution in [-0.2, 0) is 23.9 Å². The minimum Gasteiger partial charge on any atom is -0.467 e. The van der Waals surface area contributed by atoms with Crippen molar-refractivity contribution in [1.82, 2.24) is 25.1 Å². The first kappa shape index (κ1) is 25.2. The van der Waals surface area contributed by atoms with Gasteiger partial charge in [-0.3, -0.25) is 10.1 Å². The number of nitrogens with zero attached hydrogens (tertiary/aromatic N) is 5. The molecule has 0 amide bonds. The summed E-state index contributed by atoms with van der Waals surface area (Å²) in [5.41, 5.74) is -0.648. The molecule has 2 aliphatic rings. The lowest BCUT2D eigenvalue weighted by Crippen LogP contribution is -2.37. The van der Waals surface area contributed by atoms with E-state index < -0.39 is 35.2 Å². The molecule has 4 heterocycles. The zero-order chi connectivity index (χ0) is 26.3. The number of aromatic nitrogens is 4. The van der Waals surface area contributed by atoms with Crippen molar-refractivity contribution in [3.63, 3.8) is 0 Å². The highest BCUT2D eigenvalue weighted by Crippen LogP contribution is 2.40. The van der Waals surface area contributed by atoms with Gasteiger partial charge in [-0.25, -0.2) is 4.39 Å². The smallest absolute Gasteiger partial charge is 0.420 e. The van der Waals surface area contributed by atoms with Gasteiger partial charge < -0.3 is 19.1 Å². The number of benzene rings is 1. The van der Waals surface area contributed by atoms with E-state index >= 15 is 0 Å². The van der Waals surface area contributed by atoms with Gasteiger partial charge in [-0.15, -0.1) is 0 Å². The summed E-state index contributed by atoms with van der Waals surface area (Å²) >= 11 is 6.39. The van der Waals surface area contributed by atoms with Crippen LogP contribution in [0.4, 0.5) is 23.2 Å². The van der Waals surface area contributed by atoms with Gasteiger partial charge in [-0.05, 0) is 24.6 Å². The molecule has 37 heavy (non-hydrogen) atoms. The Hall–Kier alpha value is -3.49. The quantitative estimate of drug-likeness (QED) is 0.486. The SMILES string of the molecule is COc1nc2c(c(Oc3ccc(F)cc3C(F)(F)F)n1)CCN(c1cnn(C3NCCO3)c(=O)c1Cl)C2. The average Bonchev–Trinajstić information content (AvgIpc) is 3.40. The minimum absolute atomic E-state index is 0.0747. The van der Waals surface area contributed by atoms with E-state index in [0.717, 1.165) is 16.8 Å². The Morgan fingerprint density at radius 1 is 1.27 bits per heavy atom. The predicted octanol–water partition coefficient (Wildman–Crippen LogP) is 3.28. The molecule has 0 aliphatic carbocycles. The van der Waals surface area contributed by atoms with Crippen molar-refractivity contribution in [1.29, 1.82) is 0 Å². The van der Waals surface area contributed by atoms with Crippen molar-refractivity contribution in [2.45, 2.75) is 25.5 Å². The number of fused-ring (bicyclic) bond motifs is 1. The molecule has 196 valence electrons. The largest absolute Gasteiger partial charge is 0.467 e. The second kappa shape index (κ2) is 9.76. The van der Waals surface area contributed by atoms with Gasteiger partial charge in [0.25, 0.3) is 5.56 Å². The van der Waals surface area contributed by atoms with Crippen molar-refractivity contribution in [3.8, 4) is 17.6 Å². The van der Waals surface area contributed by atoms with Crippen LogP contribution >= 0.6 is 11.6 Å². The second-order valence-electron chi connectivity index (χ2n) is 8.12. The summed E-state index contributed by atoms with van der Waals surface area (Å²) in [6.45, 7) is 1.41. The lowest BCUT2D eigenvalue weighted by atomic mass is 10.1. The molecule has 2 aliphatic heterocycles. The summed E-state index contributed by atoms with van der Waals surface area (Å²) in [5, 5.41) is 7.07. The first-order valence-corrected chi connectivity index (χ1v) is 11.4. The topological polar surface area (TPSA) is 104 Å². The maximum Gasteiger partial charge on any atom is 0.420 e. The molecule has 1 atom stereocenters. The van der Waals surface area contributed by atoms with E-state index in [1.54, 1.807) is 4.90 Å². The fraction of sp³-hybridized carbons (Fsp3) is 0.364. The van der Waals surface area contributed by atoms with Gasteiger partial charge in [0.15, 0.2) is 0 Å². The first-order chi connectivity index (χ1) is 17.7. The average molecular weight is 543 g/mol. The highest BCUT2D eigenvalue weighted by molar-refractivity contribution is 6.33. The summed E-state index contributed by atoms with van der Waals surface area (Å²) in [6, 6.07) is 1.96. The van der Waals surface area contributed by atoms with Gasteiger partial charge in [-0.1, -0.05) is 11.6 Å². The number of rotatable bonds is 5. The van der Waals surface area contributed by atoms with Gasteiger partial charge in [0.05, 0.1) is 37.8 Å². The van der Waals surface area contributed by atoms with Gasteiger partial charge in [0.2, 0.25) is 12.2 Å². The molecular formula is C22H19ClF4N6O4. The number of hydrogen-bond acceptors (Lipinski definition) is 9. The molecule has 15 heteroatoms. The maximum absolute atomic E-state index is 13.5. The zero-order valence-corrected chi connectivity index (χ0v) is 19.9. The molecule has 0 spiro atoms. The summed E-state index contributed by atoms with van der Waals surface area (Å²) in [7, 11) is 1.30. The summed E-state index contributed by atoms with van der Waals surface area (Å²) in [4.78, 5) is 22.9. The van der Waals surface area contributed by atoms with E-state index in [-0.39, 0.29) is 29.9 Å². The monoisotopic (exact) mass is 542 g/mol. The van der Waals surface area contributed by atoms with Crippen molar-refractivity contribution in [3.05, 3.63) is 62.4 Å². The number of ether oxygens (including phenoxy) is 3. The maximum atomic E-state index is 13.5. The van der Waals surface area contributed by atoms with Gasteiger partial charge in [0, 0.05) is 18.7 Å². The van der Waals surface area contributed by atoms with E-state index in [9.17, 15) is 22.4 Å². The summed E-state index contributed by atoms with van der Waals surface area (Å²) in [5.74, 6) is -1.82. The van der Waals surface area contributed by atoms with Crippen LogP contribution in [-0.4, -0.2) is 46.6 Å². The standard InChI is InChI=1S/C22H19ClF4N6O4/c1-35-20-30-14-10-32(15-9-29-33(19(34)17(15)23)21-28-5-7-36-21)6-4-12(14)18(31-20)37-16-3-2-11(24)8-13(16)22(25,26)27/h2-3,8-9,21,28H,4-7,10H2,1H3.